The van der Waals surface area contributed by atoms with Crippen molar-refractivity contribution in [2.45, 2.75) is 45.6 Å². The molecule has 3 nitrogen and oxygen atoms in total. The molecule has 1 unspecified atom stereocenters. The fourth-order valence-electron chi connectivity index (χ4n) is 2.98. The summed E-state index contributed by atoms with van der Waals surface area (Å²) in [6.07, 6.45) is 2.82. The Hall–Kier alpha value is -1.53. The summed E-state index contributed by atoms with van der Waals surface area (Å²) in [7, 11) is 0. The zero-order chi connectivity index (χ0) is 14.6. The van der Waals surface area contributed by atoms with Crippen molar-refractivity contribution < 1.29 is 9.84 Å². The molecule has 0 bridgehead atoms. The van der Waals surface area contributed by atoms with E-state index in [1.807, 2.05) is 31.2 Å². The van der Waals surface area contributed by atoms with E-state index in [0.717, 1.165) is 37.0 Å². The van der Waals surface area contributed by atoms with Crippen LogP contribution in [0.2, 0.25) is 0 Å². The van der Waals surface area contributed by atoms with Crippen molar-refractivity contribution in [3.05, 3.63) is 29.8 Å². The Bertz CT molecular complexity index is 484. The van der Waals surface area contributed by atoms with Gasteiger partial charge in [0.1, 0.15) is 5.75 Å². The smallest absolute Gasteiger partial charge is 0.119 e. The Kier molecular flexibility index (Phi) is 4.67. The molecular weight excluding hydrogens is 250 g/mol. The predicted molar refractivity (Wildman–Crippen MR) is 78.2 cm³/mol. The SMILES string of the molecule is CCOc1cccc(C(O)C2(C#N)CCC(C)CC2)c1. The summed E-state index contributed by atoms with van der Waals surface area (Å²) in [5.41, 5.74) is 0.143. The fraction of sp³-hybridized carbons (Fsp3) is 0.588. The average Bonchev–Trinajstić information content (AvgIpc) is 2.48. The third-order valence-corrected chi connectivity index (χ3v) is 4.40. The van der Waals surface area contributed by atoms with E-state index in [-0.39, 0.29) is 0 Å². The van der Waals surface area contributed by atoms with Gasteiger partial charge in [0.05, 0.1) is 24.2 Å². The van der Waals surface area contributed by atoms with Crippen LogP contribution in [0.4, 0.5) is 0 Å². The Morgan fingerprint density at radius 3 is 2.75 bits per heavy atom. The van der Waals surface area contributed by atoms with Crippen LogP contribution in [0.1, 0.15) is 51.2 Å². The van der Waals surface area contributed by atoms with E-state index < -0.39 is 11.5 Å². The van der Waals surface area contributed by atoms with Crippen LogP contribution >= 0.6 is 0 Å². The van der Waals surface area contributed by atoms with Crippen LogP contribution < -0.4 is 4.74 Å². The molecule has 0 saturated heterocycles. The first kappa shape index (κ1) is 14.9. The minimum Gasteiger partial charge on any atom is -0.494 e. The summed E-state index contributed by atoms with van der Waals surface area (Å²) >= 11 is 0. The normalized spacial score (nSPS) is 27.6. The average molecular weight is 273 g/mol. The third-order valence-electron chi connectivity index (χ3n) is 4.40. The number of aliphatic hydroxyl groups excluding tert-OH is 1. The van der Waals surface area contributed by atoms with Gasteiger partial charge in [0.25, 0.3) is 0 Å². The molecule has 0 spiro atoms. The molecule has 0 aromatic heterocycles. The molecule has 1 fully saturated rings. The van der Waals surface area contributed by atoms with E-state index in [4.69, 9.17) is 4.74 Å². The highest BCUT2D eigenvalue weighted by Gasteiger charge is 2.41. The van der Waals surface area contributed by atoms with Gasteiger partial charge in [-0.2, -0.15) is 5.26 Å². The van der Waals surface area contributed by atoms with Crippen LogP contribution in [0.3, 0.4) is 0 Å². The van der Waals surface area contributed by atoms with Crippen LogP contribution in [-0.2, 0) is 0 Å². The molecular formula is C17H23NO2. The molecule has 2 rings (SSSR count). The number of benzene rings is 1. The van der Waals surface area contributed by atoms with Crippen molar-refractivity contribution in [3.63, 3.8) is 0 Å². The monoisotopic (exact) mass is 273 g/mol. The van der Waals surface area contributed by atoms with Gasteiger partial charge in [0.2, 0.25) is 0 Å². The van der Waals surface area contributed by atoms with Crippen molar-refractivity contribution in [3.8, 4) is 11.8 Å². The first-order valence-corrected chi connectivity index (χ1v) is 7.43. The number of rotatable bonds is 4. The minimum absolute atomic E-state index is 0.598. The van der Waals surface area contributed by atoms with Crippen molar-refractivity contribution in [1.29, 1.82) is 5.26 Å². The molecule has 1 aliphatic rings. The number of nitrogens with zero attached hydrogens (tertiary/aromatic N) is 1. The second-order valence-electron chi connectivity index (χ2n) is 5.86. The molecule has 108 valence electrons. The number of aliphatic hydroxyl groups is 1. The molecule has 1 saturated carbocycles. The lowest BCUT2D eigenvalue weighted by atomic mass is 9.67. The van der Waals surface area contributed by atoms with Crippen LogP contribution in [-0.4, -0.2) is 11.7 Å². The second-order valence-corrected chi connectivity index (χ2v) is 5.86. The fourth-order valence-corrected chi connectivity index (χ4v) is 2.98. The largest absolute Gasteiger partial charge is 0.494 e. The Morgan fingerprint density at radius 2 is 2.15 bits per heavy atom. The van der Waals surface area contributed by atoms with Crippen LogP contribution in [0, 0.1) is 22.7 Å². The molecule has 3 heteroatoms. The Morgan fingerprint density at radius 1 is 1.45 bits per heavy atom. The topological polar surface area (TPSA) is 53.2 Å². The first-order chi connectivity index (χ1) is 9.61. The highest BCUT2D eigenvalue weighted by Crippen LogP contribution is 2.47. The van der Waals surface area contributed by atoms with Gasteiger partial charge in [0, 0.05) is 0 Å². The summed E-state index contributed by atoms with van der Waals surface area (Å²) in [6, 6.07) is 9.88. The molecule has 1 atom stereocenters. The number of ether oxygens (including phenoxy) is 1. The zero-order valence-electron chi connectivity index (χ0n) is 12.3. The van der Waals surface area contributed by atoms with Gasteiger partial charge in [-0.3, -0.25) is 0 Å². The minimum atomic E-state index is -0.736. The van der Waals surface area contributed by atoms with Crippen molar-refractivity contribution in [2.75, 3.05) is 6.61 Å². The number of hydrogen-bond acceptors (Lipinski definition) is 3. The standard InChI is InChI=1S/C17H23NO2/c1-3-20-15-6-4-5-14(11-15)16(19)17(12-18)9-7-13(2)8-10-17/h4-6,11,13,16,19H,3,7-10H2,1-2H3. The predicted octanol–water partition coefficient (Wildman–Crippen LogP) is 3.84. The summed E-state index contributed by atoms with van der Waals surface area (Å²) in [5, 5.41) is 20.3. The summed E-state index contributed by atoms with van der Waals surface area (Å²) < 4.78 is 5.47. The molecule has 1 aliphatic carbocycles. The molecule has 0 heterocycles. The van der Waals surface area contributed by atoms with E-state index in [0.29, 0.717) is 12.5 Å². The lowest BCUT2D eigenvalue weighted by Gasteiger charge is -2.37. The van der Waals surface area contributed by atoms with Crippen LogP contribution in [0.25, 0.3) is 0 Å². The van der Waals surface area contributed by atoms with E-state index in [1.165, 1.54) is 0 Å². The molecule has 1 aromatic carbocycles. The maximum atomic E-state index is 10.7. The highest BCUT2D eigenvalue weighted by atomic mass is 16.5. The van der Waals surface area contributed by atoms with Crippen molar-refractivity contribution >= 4 is 0 Å². The lowest BCUT2D eigenvalue weighted by Crippen LogP contribution is -2.32. The Labute approximate surface area is 121 Å². The summed E-state index contributed by atoms with van der Waals surface area (Å²) in [6.45, 7) is 4.74. The summed E-state index contributed by atoms with van der Waals surface area (Å²) in [4.78, 5) is 0. The lowest BCUT2D eigenvalue weighted by molar-refractivity contribution is 0.0265. The number of nitriles is 1. The van der Waals surface area contributed by atoms with E-state index >= 15 is 0 Å². The molecule has 1 aromatic rings. The van der Waals surface area contributed by atoms with E-state index in [1.54, 1.807) is 0 Å². The van der Waals surface area contributed by atoms with Crippen LogP contribution in [0.5, 0.6) is 5.75 Å². The van der Waals surface area contributed by atoms with Gasteiger partial charge in [-0.05, 0) is 56.2 Å². The molecule has 0 aliphatic heterocycles. The van der Waals surface area contributed by atoms with Crippen molar-refractivity contribution in [1.82, 2.24) is 0 Å². The molecule has 20 heavy (non-hydrogen) atoms. The van der Waals surface area contributed by atoms with Gasteiger partial charge >= 0.3 is 0 Å². The van der Waals surface area contributed by atoms with Gasteiger partial charge in [0.15, 0.2) is 0 Å². The third kappa shape index (κ3) is 2.96. The number of hydrogen-bond donors (Lipinski definition) is 1. The zero-order valence-corrected chi connectivity index (χ0v) is 12.3. The molecule has 0 radical (unpaired) electrons. The maximum Gasteiger partial charge on any atom is 0.119 e. The quantitative estimate of drug-likeness (QED) is 0.906. The molecule has 1 N–H and O–H groups in total. The van der Waals surface area contributed by atoms with Gasteiger partial charge in [-0.1, -0.05) is 19.1 Å². The highest BCUT2D eigenvalue weighted by molar-refractivity contribution is 5.32. The maximum absolute atomic E-state index is 10.7. The van der Waals surface area contributed by atoms with Gasteiger partial charge in [-0.15, -0.1) is 0 Å². The van der Waals surface area contributed by atoms with Gasteiger partial charge < -0.3 is 9.84 Å². The summed E-state index contributed by atoms with van der Waals surface area (Å²) in [5.74, 6) is 1.40. The van der Waals surface area contributed by atoms with E-state index in [9.17, 15) is 10.4 Å². The Balaban J connectivity index is 2.22. The molecule has 0 amide bonds. The first-order valence-electron chi connectivity index (χ1n) is 7.43. The van der Waals surface area contributed by atoms with Crippen molar-refractivity contribution in [2.24, 2.45) is 11.3 Å². The van der Waals surface area contributed by atoms with E-state index in [2.05, 4.69) is 13.0 Å². The second kappa shape index (κ2) is 6.28. The van der Waals surface area contributed by atoms with Crippen LogP contribution in [0.15, 0.2) is 24.3 Å². The van der Waals surface area contributed by atoms with Gasteiger partial charge in [-0.25, -0.2) is 0 Å².